The Morgan fingerprint density at radius 1 is 1.13 bits per heavy atom. The second-order valence-electron chi connectivity index (χ2n) is 9.79. The summed E-state index contributed by atoms with van der Waals surface area (Å²) in [6.07, 6.45) is 4.86. The standard InChI is InChI=1S/C31H33N3O4S/c1-6-16-38-25-15-11-9-13-23(25)28-27(30(36)37-7-2)20(5)32-31-34(28)29(35)26(39-31)17-21-18-33(19(3)4)24-14-10-8-12-22(21)24/h8-15,17-19,28H,6-7,16H2,1-5H3/b26-17+/t28-/m0/s1. The number of nitrogens with zero attached hydrogens (tertiary/aromatic N) is 3. The van der Waals surface area contributed by atoms with Crippen molar-refractivity contribution in [3.63, 3.8) is 0 Å². The van der Waals surface area contributed by atoms with Crippen LogP contribution >= 0.6 is 11.3 Å². The van der Waals surface area contributed by atoms with Crippen LogP contribution in [0.1, 0.15) is 64.3 Å². The van der Waals surface area contributed by atoms with Crippen molar-refractivity contribution in [2.24, 2.45) is 4.99 Å². The molecule has 0 unspecified atom stereocenters. The first-order chi connectivity index (χ1) is 18.8. The molecule has 1 atom stereocenters. The van der Waals surface area contributed by atoms with E-state index in [1.54, 1.807) is 18.4 Å². The molecule has 7 nitrogen and oxygen atoms in total. The Hall–Kier alpha value is -3.91. The van der Waals surface area contributed by atoms with Gasteiger partial charge in [-0.1, -0.05) is 54.7 Å². The topological polar surface area (TPSA) is 74.8 Å². The molecule has 0 radical (unpaired) electrons. The molecule has 3 heterocycles. The van der Waals surface area contributed by atoms with E-state index in [1.807, 2.05) is 49.4 Å². The van der Waals surface area contributed by atoms with Crippen LogP contribution in [0, 0.1) is 0 Å². The molecule has 4 aromatic rings. The summed E-state index contributed by atoms with van der Waals surface area (Å²) in [4.78, 5) is 32.6. The number of ether oxygens (including phenoxy) is 2. The lowest BCUT2D eigenvalue weighted by Gasteiger charge is -2.26. The Morgan fingerprint density at radius 2 is 1.87 bits per heavy atom. The molecule has 0 bridgehead atoms. The van der Waals surface area contributed by atoms with E-state index in [4.69, 9.17) is 14.5 Å². The Bertz CT molecular complexity index is 1760. The molecule has 0 amide bonds. The zero-order valence-corrected chi connectivity index (χ0v) is 23.7. The Balaban J connectivity index is 1.75. The molecule has 2 aromatic carbocycles. The highest BCUT2D eigenvalue weighted by Gasteiger charge is 2.35. The summed E-state index contributed by atoms with van der Waals surface area (Å²) in [5.74, 6) is 0.152. The summed E-state index contributed by atoms with van der Waals surface area (Å²) in [5.41, 5.74) is 3.49. The number of esters is 1. The summed E-state index contributed by atoms with van der Waals surface area (Å²) in [6, 6.07) is 15.3. The molecule has 2 aromatic heterocycles. The first kappa shape index (κ1) is 26.7. The molecule has 202 valence electrons. The van der Waals surface area contributed by atoms with Crippen molar-refractivity contribution in [2.75, 3.05) is 13.2 Å². The van der Waals surface area contributed by atoms with Crippen molar-refractivity contribution in [1.29, 1.82) is 0 Å². The number of fused-ring (bicyclic) bond motifs is 2. The van der Waals surface area contributed by atoms with Gasteiger partial charge in [-0.25, -0.2) is 9.79 Å². The number of hydrogen-bond donors (Lipinski definition) is 0. The number of thiazole rings is 1. The SMILES string of the molecule is CCCOc1ccccc1[C@H]1C(C(=O)OCC)=C(C)N=c2s/c(=C/c3cn(C(C)C)c4ccccc34)c(=O)n21. The molecule has 0 aliphatic carbocycles. The van der Waals surface area contributed by atoms with Crippen molar-refractivity contribution in [2.45, 2.75) is 53.1 Å². The van der Waals surface area contributed by atoms with Crippen LogP contribution in [0.25, 0.3) is 17.0 Å². The maximum Gasteiger partial charge on any atom is 0.338 e. The van der Waals surface area contributed by atoms with Crippen LogP contribution < -0.4 is 19.6 Å². The second-order valence-corrected chi connectivity index (χ2v) is 10.8. The minimum absolute atomic E-state index is 0.204. The molecule has 0 spiro atoms. The predicted molar refractivity (Wildman–Crippen MR) is 155 cm³/mol. The van der Waals surface area contributed by atoms with E-state index in [2.05, 4.69) is 36.7 Å². The second kappa shape index (κ2) is 11.1. The van der Waals surface area contributed by atoms with E-state index in [1.165, 1.54) is 11.3 Å². The van der Waals surface area contributed by atoms with E-state index >= 15 is 0 Å². The predicted octanol–water partition coefficient (Wildman–Crippen LogP) is 5.12. The van der Waals surface area contributed by atoms with Crippen molar-refractivity contribution in [1.82, 2.24) is 9.13 Å². The average molecular weight is 544 g/mol. The molecule has 1 aliphatic rings. The third kappa shape index (κ3) is 4.85. The van der Waals surface area contributed by atoms with Gasteiger partial charge in [-0.05, 0) is 52.3 Å². The van der Waals surface area contributed by atoms with Gasteiger partial charge in [0.1, 0.15) is 11.8 Å². The van der Waals surface area contributed by atoms with Crippen LogP contribution in [0.4, 0.5) is 0 Å². The zero-order valence-electron chi connectivity index (χ0n) is 22.9. The van der Waals surface area contributed by atoms with Gasteiger partial charge in [-0.2, -0.15) is 0 Å². The number of para-hydroxylation sites is 2. The fraction of sp³-hybridized carbons (Fsp3) is 0.323. The van der Waals surface area contributed by atoms with Gasteiger partial charge >= 0.3 is 5.97 Å². The first-order valence-electron chi connectivity index (χ1n) is 13.4. The molecule has 0 N–H and O–H groups in total. The van der Waals surface area contributed by atoms with Gasteiger partial charge in [0.25, 0.3) is 5.56 Å². The Morgan fingerprint density at radius 3 is 2.62 bits per heavy atom. The molecule has 0 fully saturated rings. The highest BCUT2D eigenvalue weighted by atomic mass is 32.1. The van der Waals surface area contributed by atoms with E-state index in [-0.39, 0.29) is 18.2 Å². The van der Waals surface area contributed by atoms with E-state index in [0.29, 0.717) is 33.0 Å². The quantitative estimate of drug-likeness (QED) is 0.289. The number of carbonyl (C=O) groups is 1. The number of carbonyl (C=O) groups excluding carboxylic acids is 1. The van der Waals surface area contributed by atoms with Gasteiger partial charge in [0.15, 0.2) is 4.80 Å². The van der Waals surface area contributed by atoms with Crippen molar-refractivity contribution in [3.05, 3.63) is 96.8 Å². The summed E-state index contributed by atoms with van der Waals surface area (Å²) >= 11 is 1.33. The normalized spacial score (nSPS) is 15.5. The fourth-order valence-corrected chi connectivity index (χ4v) is 6.09. The van der Waals surface area contributed by atoms with Crippen LogP contribution in [-0.4, -0.2) is 28.3 Å². The summed E-state index contributed by atoms with van der Waals surface area (Å²) in [7, 11) is 0. The van der Waals surface area contributed by atoms with E-state index in [9.17, 15) is 9.59 Å². The fourth-order valence-electron chi connectivity index (χ4n) is 5.05. The number of rotatable bonds is 8. The van der Waals surface area contributed by atoms with Gasteiger partial charge in [-0.3, -0.25) is 9.36 Å². The van der Waals surface area contributed by atoms with Gasteiger partial charge in [0.2, 0.25) is 0 Å². The lowest BCUT2D eigenvalue weighted by molar-refractivity contribution is -0.139. The minimum Gasteiger partial charge on any atom is -0.493 e. The van der Waals surface area contributed by atoms with Crippen molar-refractivity contribution < 1.29 is 14.3 Å². The molecule has 0 saturated carbocycles. The minimum atomic E-state index is -0.715. The molecule has 5 rings (SSSR count). The van der Waals surface area contributed by atoms with Gasteiger partial charge < -0.3 is 14.0 Å². The molecular formula is C31H33N3O4S. The number of benzene rings is 2. The molecule has 0 saturated heterocycles. The van der Waals surface area contributed by atoms with Crippen LogP contribution in [0.3, 0.4) is 0 Å². The van der Waals surface area contributed by atoms with Gasteiger partial charge in [-0.15, -0.1) is 0 Å². The summed E-state index contributed by atoms with van der Waals surface area (Å²) < 4.78 is 15.9. The van der Waals surface area contributed by atoms with Crippen LogP contribution in [0.2, 0.25) is 0 Å². The first-order valence-corrected chi connectivity index (χ1v) is 14.2. The number of allylic oxidation sites excluding steroid dienone is 1. The molecule has 8 heteroatoms. The Labute approximate surface area is 231 Å². The highest BCUT2D eigenvalue weighted by Crippen LogP contribution is 2.36. The highest BCUT2D eigenvalue weighted by molar-refractivity contribution is 7.07. The lowest BCUT2D eigenvalue weighted by atomic mass is 9.95. The van der Waals surface area contributed by atoms with Crippen molar-refractivity contribution >= 4 is 34.3 Å². The van der Waals surface area contributed by atoms with Crippen LogP contribution in [-0.2, 0) is 9.53 Å². The van der Waals surface area contributed by atoms with Crippen LogP contribution in [0.15, 0.2) is 75.8 Å². The maximum absolute atomic E-state index is 14.1. The third-order valence-electron chi connectivity index (χ3n) is 6.81. The van der Waals surface area contributed by atoms with Gasteiger partial charge in [0, 0.05) is 34.3 Å². The largest absolute Gasteiger partial charge is 0.493 e. The third-order valence-corrected chi connectivity index (χ3v) is 7.79. The number of hydrogen-bond acceptors (Lipinski definition) is 6. The average Bonchev–Trinajstić information content (AvgIpc) is 3.44. The summed E-state index contributed by atoms with van der Waals surface area (Å²) in [6.45, 7) is 10.6. The molecule has 39 heavy (non-hydrogen) atoms. The number of aromatic nitrogens is 2. The monoisotopic (exact) mass is 543 g/mol. The molecular weight excluding hydrogens is 510 g/mol. The summed E-state index contributed by atoms with van der Waals surface area (Å²) in [5, 5.41) is 1.08. The smallest absolute Gasteiger partial charge is 0.338 e. The maximum atomic E-state index is 14.1. The van der Waals surface area contributed by atoms with E-state index in [0.717, 1.165) is 28.5 Å². The van der Waals surface area contributed by atoms with E-state index < -0.39 is 12.0 Å². The van der Waals surface area contributed by atoms with Crippen molar-refractivity contribution in [3.8, 4) is 5.75 Å². The Kier molecular flexibility index (Phi) is 7.57. The molecule has 1 aliphatic heterocycles. The van der Waals surface area contributed by atoms with Crippen LogP contribution in [0.5, 0.6) is 5.75 Å². The lowest BCUT2D eigenvalue weighted by Crippen LogP contribution is -2.40. The zero-order chi connectivity index (χ0) is 27.7. The van der Waals surface area contributed by atoms with Gasteiger partial charge in [0.05, 0.1) is 29.0 Å².